The summed E-state index contributed by atoms with van der Waals surface area (Å²) in [5.74, 6) is 2.23. The topological polar surface area (TPSA) is 26.3 Å². The summed E-state index contributed by atoms with van der Waals surface area (Å²) in [4.78, 5) is 12.4. The van der Waals surface area contributed by atoms with Crippen LogP contribution in [0.25, 0.3) is 6.08 Å². The van der Waals surface area contributed by atoms with Crippen molar-refractivity contribution in [2.75, 3.05) is 7.11 Å². The number of ketones is 1. The largest absolute Gasteiger partial charge is 0.497 e. The molecule has 110 valence electrons. The number of allylic oxidation sites excluding steroid dienone is 2. The summed E-state index contributed by atoms with van der Waals surface area (Å²) in [5.41, 5.74) is 3.92. The molecule has 1 fully saturated rings. The van der Waals surface area contributed by atoms with Crippen molar-refractivity contribution in [3.63, 3.8) is 0 Å². The molecule has 4 atom stereocenters. The predicted molar refractivity (Wildman–Crippen MR) is 85.4 cm³/mol. The maximum atomic E-state index is 12.4. The van der Waals surface area contributed by atoms with Crippen LogP contribution in [0.15, 0.2) is 36.4 Å². The molecule has 0 N–H and O–H groups in total. The van der Waals surface area contributed by atoms with Crippen molar-refractivity contribution in [3.05, 3.63) is 47.6 Å². The molecule has 1 saturated carbocycles. The number of fused-ring (bicyclic) bond motifs is 3. The van der Waals surface area contributed by atoms with Gasteiger partial charge in [-0.05, 0) is 41.5 Å². The minimum atomic E-state index is -0.0737. The van der Waals surface area contributed by atoms with Crippen LogP contribution < -0.4 is 4.74 Å². The highest BCUT2D eigenvalue weighted by Gasteiger charge is 2.46. The van der Waals surface area contributed by atoms with Gasteiger partial charge in [0.05, 0.1) is 7.11 Å². The van der Waals surface area contributed by atoms with Gasteiger partial charge in [-0.25, -0.2) is 0 Å². The highest BCUT2D eigenvalue weighted by Crippen LogP contribution is 2.58. The number of carbonyl (C=O) groups excluding carboxylic acids is 1. The predicted octanol–water partition coefficient (Wildman–Crippen LogP) is 4.22. The van der Waals surface area contributed by atoms with Crippen LogP contribution in [0.3, 0.4) is 0 Å². The molecule has 0 aromatic heterocycles. The zero-order chi connectivity index (χ0) is 15.1. The number of benzene rings is 1. The minimum Gasteiger partial charge on any atom is -0.497 e. The molecule has 2 aliphatic carbocycles. The van der Waals surface area contributed by atoms with E-state index >= 15 is 0 Å². The fourth-order valence-electron chi connectivity index (χ4n) is 3.45. The first kappa shape index (κ1) is 14.1. The molecule has 0 radical (unpaired) electrons. The minimum absolute atomic E-state index is 0.0109. The summed E-state index contributed by atoms with van der Waals surface area (Å²) in [5, 5.41) is 0. The Balaban J connectivity index is 1.93. The fraction of sp³-hybridized carbons (Fsp3) is 0.421. The molecule has 0 spiro atoms. The summed E-state index contributed by atoms with van der Waals surface area (Å²) >= 11 is 0. The lowest BCUT2D eigenvalue weighted by atomic mass is 9.82. The van der Waals surface area contributed by atoms with E-state index in [2.05, 4.69) is 24.8 Å². The van der Waals surface area contributed by atoms with E-state index in [4.69, 9.17) is 4.74 Å². The second-order valence-corrected chi connectivity index (χ2v) is 6.24. The van der Waals surface area contributed by atoms with Crippen molar-refractivity contribution in [3.8, 4) is 5.75 Å². The van der Waals surface area contributed by atoms with Gasteiger partial charge in [0.2, 0.25) is 0 Å². The molecule has 3 unspecified atom stereocenters. The van der Waals surface area contributed by atoms with Gasteiger partial charge in [-0.15, -0.1) is 6.58 Å². The Morgan fingerprint density at radius 1 is 1.38 bits per heavy atom. The van der Waals surface area contributed by atoms with E-state index in [1.54, 1.807) is 13.2 Å². The lowest BCUT2D eigenvalue weighted by molar-refractivity contribution is -0.123. The van der Waals surface area contributed by atoms with Crippen LogP contribution in [-0.2, 0) is 4.79 Å². The second-order valence-electron chi connectivity index (χ2n) is 6.24. The van der Waals surface area contributed by atoms with Crippen LogP contribution in [0.5, 0.6) is 5.75 Å². The third kappa shape index (κ3) is 2.33. The molecule has 3 rings (SSSR count). The number of methoxy groups -OCH3 is 1. The summed E-state index contributed by atoms with van der Waals surface area (Å²) in [7, 11) is 1.70. The molecule has 1 aromatic rings. The van der Waals surface area contributed by atoms with Crippen LogP contribution in [0.2, 0.25) is 0 Å². The lowest BCUT2D eigenvalue weighted by Gasteiger charge is -2.22. The molecule has 0 bridgehead atoms. The first-order valence-corrected chi connectivity index (χ1v) is 7.62. The number of Topliss-reactive ketones (excluding diaryl/α,β-unsaturated/α-hetero) is 1. The van der Waals surface area contributed by atoms with E-state index in [9.17, 15) is 4.79 Å². The van der Waals surface area contributed by atoms with E-state index in [0.717, 1.165) is 12.2 Å². The first-order valence-electron chi connectivity index (χ1n) is 7.62. The van der Waals surface area contributed by atoms with E-state index < -0.39 is 0 Å². The number of hydrogen-bond donors (Lipinski definition) is 0. The van der Waals surface area contributed by atoms with Crippen molar-refractivity contribution in [2.24, 2.45) is 17.8 Å². The van der Waals surface area contributed by atoms with E-state index in [-0.39, 0.29) is 17.6 Å². The average Bonchev–Trinajstić information content (AvgIpc) is 3.32. The Bertz CT molecular complexity index is 626. The molecular weight excluding hydrogens is 260 g/mol. The van der Waals surface area contributed by atoms with Gasteiger partial charge in [-0.1, -0.05) is 37.6 Å². The SMILES string of the molecule is C=CC(C)C(=O)[C@@H](C)C1=Cc2ccc(OC)cc2C2CC12. The Hall–Kier alpha value is -1.83. The zero-order valence-electron chi connectivity index (χ0n) is 12.9. The quantitative estimate of drug-likeness (QED) is 0.756. The summed E-state index contributed by atoms with van der Waals surface area (Å²) in [6, 6.07) is 6.25. The Morgan fingerprint density at radius 2 is 2.14 bits per heavy atom. The monoisotopic (exact) mass is 282 g/mol. The molecule has 2 nitrogen and oxygen atoms in total. The van der Waals surface area contributed by atoms with Gasteiger partial charge in [0.1, 0.15) is 11.5 Å². The van der Waals surface area contributed by atoms with E-state index in [1.807, 2.05) is 19.9 Å². The van der Waals surface area contributed by atoms with Crippen molar-refractivity contribution in [1.82, 2.24) is 0 Å². The van der Waals surface area contributed by atoms with Gasteiger partial charge in [-0.2, -0.15) is 0 Å². The van der Waals surface area contributed by atoms with E-state index in [1.165, 1.54) is 16.7 Å². The van der Waals surface area contributed by atoms with Gasteiger partial charge in [0, 0.05) is 11.8 Å². The van der Waals surface area contributed by atoms with Crippen LogP contribution in [0.4, 0.5) is 0 Å². The Labute approximate surface area is 126 Å². The van der Waals surface area contributed by atoms with Gasteiger partial charge < -0.3 is 4.74 Å². The molecule has 0 amide bonds. The van der Waals surface area contributed by atoms with Crippen LogP contribution in [0.1, 0.15) is 37.3 Å². The first-order chi connectivity index (χ1) is 10.1. The standard InChI is InChI=1S/C19H22O2/c1-5-11(2)19(20)12(3)15-8-13-6-7-14(21-4)9-16(13)18-10-17(15)18/h5-9,11-12,17-18H,1,10H2,2-4H3/t11?,12-,17?,18?/m0/s1. The summed E-state index contributed by atoms with van der Waals surface area (Å²) in [6.45, 7) is 7.71. The molecular formula is C19H22O2. The third-order valence-corrected chi connectivity index (χ3v) is 4.96. The molecule has 2 heteroatoms. The maximum Gasteiger partial charge on any atom is 0.146 e. The highest BCUT2D eigenvalue weighted by molar-refractivity contribution is 5.88. The summed E-state index contributed by atoms with van der Waals surface area (Å²) < 4.78 is 5.32. The normalized spacial score (nSPS) is 25.0. The third-order valence-electron chi connectivity index (χ3n) is 4.96. The number of ether oxygens (including phenoxy) is 1. The van der Waals surface area contributed by atoms with E-state index in [0.29, 0.717) is 11.8 Å². The van der Waals surface area contributed by atoms with Gasteiger partial charge in [0.15, 0.2) is 0 Å². The van der Waals surface area contributed by atoms with Crippen molar-refractivity contribution in [2.45, 2.75) is 26.2 Å². The number of hydrogen-bond acceptors (Lipinski definition) is 2. The fourth-order valence-corrected chi connectivity index (χ4v) is 3.45. The highest BCUT2D eigenvalue weighted by atomic mass is 16.5. The molecule has 0 aliphatic heterocycles. The van der Waals surface area contributed by atoms with Gasteiger partial charge in [0.25, 0.3) is 0 Å². The van der Waals surface area contributed by atoms with Crippen LogP contribution in [-0.4, -0.2) is 12.9 Å². The van der Waals surface area contributed by atoms with Crippen LogP contribution in [0, 0.1) is 17.8 Å². The van der Waals surface area contributed by atoms with Crippen molar-refractivity contribution >= 4 is 11.9 Å². The van der Waals surface area contributed by atoms with Crippen molar-refractivity contribution in [1.29, 1.82) is 0 Å². The molecule has 2 aliphatic rings. The molecule has 1 aromatic carbocycles. The van der Waals surface area contributed by atoms with Gasteiger partial charge >= 0.3 is 0 Å². The second kappa shape index (κ2) is 5.18. The Morgan fingerprint density at radius 3 is 2.81 bits per heavy atom. The maximum absolute atomic E-state index is 12.4. The van der Waals surface area contributed by atoms with Crippen LogP contribution >= 0.6 is 0 Å². The molecule has 21 heavy (non-hydrogen) atoms. The van der Waals surface area contributed by atoms with Crippen molar-refractivity contribution < 1.29 is 9.53 Å². The zero-order valence-corrected chi connectivity index (χ0v) is 12.9. The lowest BCUT2D eigenvalue weighted by Crippen LogP contribution is -2.21. The Kier molecular flexibility index (Phi) is 3.48. The smallest absolute Gasteiger partial charge is 0.146 e. The average molecular weight is 282 g/mol. The molecule has 0 saturated heterocycles. The number of carbonyl (C=O) groups is 1. The van der Waals surface area contributed by atoms with Gasteiger partial charge in [-0.3, -0.25) is 4.79 Å². The summed E-state index contributed by atoms with van der Waals surface area (Å²) in [6.07, 6.45) is 5.12. The molecule has 0 heterocycles. The number of rotatable bonds is 5.